The van der Waals surface area contributed by atoms with Gasteiger partial charge in [0.25, 0.3) is 17.7 Å². The molecular weight excluding hydrogens is 750 g/mol. The molecule has 0 radical (unpaired) electrons. The first-order chi connectivity index (χ1) is 27.2. The molecule has 2 aromatic carbocycles. The van der Waals surface area contributed by atoms with Gasteiger partial charge in [-0.2, -0.15) is 0 Å². The third kappa shape index (κ3) is 9.89. The van der Waals surface area contributed by atoms with Gasteiger partial charge < -0.3 is 25.4 Å². The zero-order valence-corrected chi connectivity index (χ0v) is 34.1. The second kappa shape index (κ2) is 17.8. The molecule has 0 bridgehead atoms. The van der Waals surface area contributed by atoms with Crippen LogP contribution in [0.4, 0.5) is 4.39 Å². The molecule has 1 aromatic heterocycles. The molecule has 12 nitrogen and oxygen atoms in total. The Hall–Kier alpha value is -4.69. The van der Waals surface area contributed by atoms with E-state index >= 15 is 0 Å². The number of fused-ring (bicyclic) bond motifs is 1. The summed E-state index contributed by atoms with van der Waals surface area (Å²) in [4.78, 5) is 73.4. The fourth-order valence-electron chi connectivity index (χ4n) is 7.45. The topological polar surface area (TPSA) is 158 Å². The number of halogens is 1. The first kappa shape index (κ1) is 41.9. The fourth-order valence-corrected chi connectivity index (χ4v) is 8.26. The van der Waals surface area contributed by atoms with Crippen molar-refractivity contribution in [2.24, 2.45) is 5.41 Å². The van der Waals surface area contributed by atoms with Gasteiger partial charge >= 0.3 is 0 Å². The molecule has 2 fully saturated rings. The molecule has 2 aliphatic heterocycles. The van der Waals surface area contributed by atoms with Gasteiger partial charge in [-0.25, -0.2) is 9.37 Å². The molecule has 0 unspecified atom stereocenters. The molecular formula is C43H54FN5O7S. The lowest BCUT2D eigenvalue weighted by atomic mass is 9.85. The summed E-state index contributed by atoms with van der Waals surface area (Å²) < 4.78 is 20.9. The highest BCUT2D eigenvalue weighted by Crippen LogP contribution is 2.40. The number of carbonyl (C=O) groups is 5. The minimum Gasteiger partial charge on any atom is -0.493 e. The number of β-amino-alcohol motifs (C(OH)–C–C–N with tert-alkyl or cyclic N) is 1. The number of aromatic nitrogens is 1. The molecule has 306 valence electrons. The van der Waals surface area contributed by atoms with Crippen LogP contribution in [-0.4, -0.2) is 93.0 Å². The number of nitrogens with one attached hydrogen (secondary N) is 2. The predicted molar refractivity (Wildman–Crippen MR) is 214 cm³/mol. The van der Waals surface area contributed by atoms with E-state index in [1.165, 1.54) is 21.1 Å². The second-order valence-corrected chi connectivity index (χ2v) is 17.4. The summed E-state index contributed by atoms with van der Waals surface area (Å²) in [5.41, 5.74) is 2.64. The number of hydrogen-bond donors (Lipinski definition) is 3. The Kier molecular flexibility index (Phi) is 13.1. The maximum Gasteiger partial charge on any atom is 0.261 e. The van der Waals surface area contributed by atoms with Gasteiger partial charge in [0.05, 0.1) is 39.9 Å². The number of benzene rings is 2. The summed E-state index contributed by atoms with van der Waals surface area (Å²) in [5.74, 6) is -1.59. The highest BCUT2D eigenvalue weighted by Gasteiger charge is 2.53. The largest absolute Gasteiger partial charge is 0.493 e. The number of aryl methyl sites for hydroxylation is 1. The average molecular weight is 804 g/mol. The van der Waals surface area contributed by atoms with E-state index in [0.29, 0.717) is 30.0 Å². The summed E-state index contributed by atoms with van der Waals surface area (Å²) in [6, 6.07) is 10.7. The lowest BCUT2D eigenvalue weighted by molar-refractivity contribution is -0.145. The van der Waals surface area contributed by atoms with Crippen LogP contribution in [0.5, 0.6) is 5.75 Å². The molecule has 3 atom stereocenters. The van der Waals surface area contributed by atoms with Gasteiger partial charge in [-0.1, -0.05) is 77.1 Å². The summed E-state index contributed by atoms with van der Waals surface area (Å²) in [7, 11) is 0. The van der Waals surface area contributed by atoms with E-state index in [0.717, 1.165) is 66.6 Å². The molecule has 0 spiro atoms. The number of likely N-dealkylation sites (tertiary alicyclic amines) is 1. The lowest BCUT2D eigenvalue weighted by Crippen LogP contribution is -2.59. The molecule has 6 rings (SSSR count). The second-order valence-electron chi connectivity index (χ2n) is 16.6. The first-order valence-electron chi connectivity index (χ1n) is 20.1. The summed E-state index contributed by atoms with van der Waals surface area (Å²) in [6.45, 7) is 8.19. The van der Waals surface area contributed by atoms with Gasteiger partial charge in [-0.05, 0) is 61.8 Å². The van der Waals surface area contributed by atoms with E-state index in [4.69, 9.17) is 4.74 Å². The van der Waals surface area contributed by atoms with Gasteiger partial charge in [0, 0.05) is 31.6 Å². The zero-order valence-electron chi connectivity index (χ0n) is 33.3. The van der Waals surface area contributed by atoms with Crippen LogP contribution >= 0.6 is 11.3 Å². The standard InChI is InChI=1S/C43H54FN5O7S/c1-27-35(57-26-46-27)28-16-17-29(24-45-37(51)33-23-30(50)25-49(33)40(54)36(42(2,3)4)47-41(55)43(44)18-19-43)34(22-28)56-21-13-9-7-5-6-8-12-20-48-38(52)31-14-10-11-15-32(31)39(48)53/h10-11,14-17,22,26,30,33,36,50H,5-9,12-13,18-21,23-25H2,1-4H3,(H,45,51)(H,47,55)/t30-,33+,36-/m0/s1. The fraction of sp³-hybridized carbons (Fsp3) is 0.535. The van der Waals surface area contributed by atoms with E-state index < -0.39 is 47.0 Å². The number of alkyl halides is 1. The first-order valence-corrected chi connectivity index (χ1v) is 20.9. The monoisotopic (exact) mass is 803 g/mol. The van der Waals surface area contributed by atoms with Crippen LogP contribution in [0.2, 0.25) is 0 Å². The van der Waals surface area contributed by atoms with Crippen molar-refractivity contribution in [2.45, 2.75) is 122 Å². The van der Waals surface area contributed by atoms with Gasteiger partial charge in [-0.3, -0.25) is 28.9 Å². The zero-order chi connectivity index (χ0) is 40.9. The highest BCUT2D eigenvalue weighted by atomic mass is 32.1. The number of ether oxygens (including phenoxy) is 1. The van der Waals surface area contributed by atoms with Gasteiger partial charge in [0.1, 0.15) is 17.8 Å². The van der Waals surface area contributed by atoms with Gasteiger partial charge in [0.15, 0.2) is 5.67 Å². The minimum atomic E-state index is -1.96. The number of aliphatic hydroxyl groups excluding tert-OH is 1. The van der Waals surface area contributed by atoms with E-state index in [2.05, 4.69) is 15.6 Å². The van der Waals surface area contributed by atoms with E-state index in [1.807, 2.05) is 25.1 Å². The Morgan fingerprint density at radius 1 is 1.00 bits per heavy atom. The molecule has 57 heavy (non-hydrogen) atoms. The molecule has 1 aliphatic carbocycles. The lowest BCUT2D eigenvalue weighted by Gasteiger charge is -2.35. The Morgan fingerprint density at radius 3 is 2.26 bits per heavy atom. The smallest absolute Gasteiger partial charge is 0.261 e. The molecule has 14 heteroatoms. The number of imide groups is 1. The van der Waals surface area contributed by atoms with Gasteiger partial charge in [-0.15, -0.1) is 11.3 Å². The molecule has 3 heterocycles. The Bertz CT molecular complexity index is 1940. The van der Waals surface area contributed by atoms with E-state index in [9.17, 15) is 33.5 Å². The number of amides is 5. The van der Waals surface area contributed by atoms with Crippen molar-refractivity contribution in [3.05, 3.63) is 70.4 Å². The van der Waals surface area contributed by atoms with Crippen LogP contribution < -0.4 is 15.4 Å². The number of aliphatic hydroxyl groups is 1. The molecule has 3 aliphatic rings. The number of rotatable bonds is 18. The third-order valence-corrected chi connectivity index (χ3v) is 12.0. The minimum absolute atomic E-state index is 0.0367. The van der Waals surface area contributed by atoms with Crippen LogP contribution in [0.25, 0.3) is 10.4 Å². The highest BCUT2D eigenvalue weighted by molar-refractivity contribution is 7.13. The van der Waals surface area contributed by atoms with Crippen molar-refractivity contribution in [1.82, 2.24) is 25.4 Å². The van der Waals surface area contributed by atoms with Gasteiger partial charge in [0.2, 0.25) is 11.8 Å². The molecule has 3 N–H and O–H groups in total. The van der Waals surface area contributed by atoms with Crippen LogP contribution in [0.3, 0.4) is 0 Å². The van der Waals surface area contributed by atoms with Crippen molar-refractivity contribution in [1.29, 1.82) is 0 Å². The number of carbonyl (C=O) groups excluding carboxylic acids is 5. The van der Waals surface area contributed by atoms with E-state index in [-0.39, 0.29) is 44.2 Å². The molecule has 1 saturated carbocycles. The average Bonchev–Trinajstić information content (AvgIpc) is 3.47. The van der Waals surface area contributed by atoms with Crippen molar-refractivity contribution < 1.29 is 38.2 Å². The van der Waals surface area contributed by atoms with Crippen LogP contribution in [0, 0.1) is 12.3 Å². The van der Waals surface area contributed by atoms with Crippen LogP contribution in [0.15, 0.2) is 48.0 Å². The third-order valence-electron chi connectivity index (χ3n) is 11.0. The Balaban J connectivity index is 0.993. The Labute approximate surface area is 337 Å². The summed E-state index contributed by atoms with van der Waals surface area (Å²) in [6.07, 6.45) is 5.90. The summed E-state index contributed by atoms with van der Waals surface area (Å²) >= 11 is 1.53. The van der Waals surface area contributed by atoms with Crippen LogP contribution in [-0.2, 0) is 20.9 Å². The number of unbranched alkanes of at least 4 members (excludes halogenated alkanes) is 6. The predicted octanol–water partition coefficient (Wildman–Crippen LogP) is 6.14. The van der Waals surface area contributed by atoms with Crippen LogP contribution in [0.1, 0.15) is 117 Å². The Morgan fingerprint density at radius 2 is 1.65 bits per heavy atom. The van der Waals surface area contributed by atoms with Crippen molar-refractivity contribution >= 4 is 40.9 Å². The molecule has 1 saturated heterocycles. The maximum atomic E-state index is 14.6. The quantitative estimate of drug-likeness (QED) is 0.102. The van der Waals surface area contributed by atoms with Crippen molar-refractivity contribution in [3.8, 4) is 16.2 Å². The van der Waals surface area contributed by atoms with Crippen molar-refractivity contribution in [2.75, 3.05) is 19.7 Å². The summed E-state index contributed by atoms with van der Waals surface area (Å²) in [5, 5.41) is 16.1. The number of hydrogen-bond acceptors (Lipinski definition) is 9. The SMILES string of the molecule is Cc1ncsc1-c1ccc(CNC(=O)[C@H]2C[C@H](O)CN2C(=O)[C@H](NC(=O)C2(F)CC2)C(C)(C)C)c(OCCCCCCCCCN2C(=O)c3ccccc3C2=O)c1. The normalized spacial score (nSPS) is 19.1. The number of nitrogens with zero attached hydrogens (tertiary/aromatic N) is 3. The number of thiazole rings is 1. The molecule has 3 aromatic rings. The van der Waals surface area contributed by atoms with Crippen molar-refractivity contribution in [3.63, 3.8) is 0 Å². The van der Waals surface area contributed by atoms with E-state index in [1.54, 1.807) is 50.5 Å². The maximum absolute atomic E-state index is 14.6. The molecule has 5 amide bonds.